The number of fused-ring (bicyclic) bond motifs is 1. The lowest BCUT2D eigenvalue weighted by Gasteiger charge is -2.34. The average Bonchev–Trinajstić information content (AvgIpc) is 3.21. The van der Waals surface area contributed by atoms with Gasteiger partial charge in [-0.05, 0) is 12.1 Å². The van der Waals surface area contributed by atoms with Crippen molar-refractivity contribution in [3.05, 3.63) is 30.6 Å². The van der Waals surface area contributed by atoms with Crippen LogP contribution in [0.4, 0.5) is 10.6 Å². The van der Waals surface area contributed by atoms with Gasteiger partial charge in [0.1, 0.15) is 30.0 Å². The molecule has 4 rings (SSSR count). The van der Waals surface area contributed by atoms with Crippen LogP contribution >= 0.6 is 11.7 Å². The maximum Gasteiger partial charge on any atom is 0.407 e. The summed E-state index contributed by atoms with van der Waals surface area (Å²) in [6.07, 6.45) is 2.25. The van der Waals surface area contributed by atoms with Gasteiger partial charge in [0.15, 0.2) is 5.82 Å². The van der Waals surface area contributed by atoms with Crippen LogP contribution in [-0.2, 0) is 0 Å². The molecule has 1 aromatic carbocycles. The molecule has 1 aliphatic rings. The Balaban J connectivity index is 1.34. The zero-order valence-electron chi connectivity index (χ0n) is 14.9. The molecule has 0 unspecified atom stereocenters. The quantitative estimate of drug-likeness (QED) is 0.616. The van der Waals surface area contributed by atoms with Crippen LogP contribution in [0.15, 0.2) is 30.6 Å². The van der Waals surface area contributed by atoms with Gasteiger partial charge in [-0.3, -0.25) is 0 Å². The third-order valence-electron chi connectivity index (χ3n) is 4.32. The molecule has 3 aromatic rings. The number of benzene rings is 1. The van der Waals surface area contributed by atoms with Gasteiger partial charge in [0.25, 0.3) is 5.88 Å². The molecule has 1 amide bonds. The minimum atomic E-state index is -0.905. The number of ether oxygens (including phenoxy) is 2. The van der Waals surface area contributed by atoms with Gasteiger partial charge < -0.3 is 24.4 Å². The van der Waals surface area contributed by atoms with Crippen molar-refractivity contribution in [3.63, 3.8) is 0 Å². The molecule has 0 bridgehead atoms. The summed E-state index contributed by atoms with van der Waals surface area (Å²) in [6.45, 7) is 2.52. The van der Waals surface area contributed by atoms with Gasteiger partial charge in [0, 0.05) is 38.6 Å². The van der Waals surface area contributed by atoms with Gasteiger partial charge in [-0.25, -0.2) is 14.8 Å². The summed E-state index contributed by atoms with van der Waals surface area (Å²) in [5.41, 5.74) is 1.55. The number of hydrogen-bond donors (Lipinski definition) is 1. The van der Waals surface area contributed by atoms with Crippen LogP contribution in [0.25, 0.3) is 11.0 Å². The van der Waals surface area contributed by atoms with E-state index >= 15 is 0 Å². The van der Waals surface area contributed by atoms with E-state index in [-0.39, 0.29) is 6.61 Å². The van der Waals surface area contributed by atoms with Crippen LogP contribution < -0.4 is 14.4 Å². The van der Waals surface area contributed by atoms with Crippen LogP contribution in [-0.4, -0.2) is 74.2 Å². The molecular weight excluding hydrogens is 384 g/mol. The molecular formula is C17H18N6O4S. The van der Waals surface area contributed by atoms with Crippen molar-refractivity contribution in [2.45, 2.75) is 0 Å². The maximum absolute atomic E-state index is 11.1. The van der Waals surface area contributed by atoms with E-state index in [2.05, 4.69) is 18.7 Å². The predicted octanol–water partition coefficient (Wildman–Crippen LogP) is 1.74. The number of nitrogens with zero attached hydrogens (tertiary/aromatic N) is 6. The normalized spacial score (nSPS) is 14.3. The van der Waals surface area contributed by atoms with E-state index in [0.29, 0.717) is 50.2 Å². The number of rotatable bonds is 6. The molecule has 10 nitrogen and oxygen atoms in total. The highest BCUT2D eigenvalue weighted by Crippen LogP contribution is 2.25. The van der Waals surface area contributed by atoms with Crippen LogP contribution in [0.3, 0.4) is 0 Å². The summed E-state index contributed by atoms with van der Waals surface area (Å²) >= 11 is 1.15. The van der Waals surface area contributed by atoms with Crippen LogP contribution in [0.1, 0.15) is 0 Å². The van der Waals surface area contributed by atoms with Gasteiger partial charge >= 0.3 is 6.09 Å². The van der Waals surface area contributed by atoms with Crippen molar-refractivity contribution in [3.8, 4) is 11.6 Å². The van der Waals surface area contributed by atoms with Crippen LogP contribution in [0.5, 0.6) is 11.6 Å². The van der Waals surface area contributed by atoms with Crippen LogP contribution in [0.2, 0.25) is 0 Å². The van der Waals surface area contributed by atoms with Crippen molar-refractivity contribution < 1.29 is 19.4 Å². The molecule has 0 saturated carbocycles. The molecule has 0 atom stereocenters. The molecule has 146 valence electrons. The second-order valence-electron chi connectivity index (χ2n) is 6.03. The monoisotopic (exact) mass is 402 g/mol. The van der Waals surface area contributed by atoms with E-state index in [1.807, 2.05) is 23.1 Å². The van der Waals surface area contributed by atoms with E-state index < -0.39 is 6.09 Å². The molecule has 0 aliphatic carbocycles. The molecule has 1 N–H and O–H groups in total. The smallest absolute Gasteiger partial charge is 0.407 e. The summed E-state index contributed by atoms with van der Waals surface area (Å²) in [5.74, 6) is 1.68. The Morgan fingerprint density at radius 3 is 2.68 bits per heavy atom. The lowest BCUT2D eigenvalue weighted by Crippen LogP contribution is -2.48. The van der Waals surface area contributed by atoms with E-state index in [1.165, 1.54) is 4.90 Å². The molecule has 0 radical (unpaired) electrons. The third-order valence-corrected chi connectivity index (χ3v) is 4.87. The minimum absolute atomic E-state index is 0.286. The molecule has 28 heavy (non-hydrogen) atoms. The summed E-state index contributed by atoms with van der Waals surface area (Å²) < 4.78 is 20.0. The zero-order valence-corrected chi connectivity index (χ0v) is 15.7. The second-order valence-corrected chi connectivity index (χ2v) is 6.56. The Labute approximate surface area is 164 Å². The highest BCUT2D eigenvalue weighted by Gasteiger charge is 2.23. The first kappa shape index (κ1) is 18.2. The summed E-state index contributed by atoms with van der Waals surface area (Å²) in [7, 11) is 0. The minimum Gasteiger partial charge on any atom is -0.488 e. The number of carbonyl (C=O) groups is 1. The van der Waals surface area contributed by atoms with Gasteiger partial charge in [0.2, 0.25) is 0 Å². The lowest BCUT2D eigenvalue weighted by atomic mass is 10.3. The average molecular weight is 402 g/mol. The highest BCUT2D eigenvalue weighted by atomic mass is 32.1. The summed E-state index contributed by atoms with van der Waals surface area (Å²) in [5, 5.41) is 9.07. The van der Waals surface area contributed by atoms with Crippen LogP contribution in [0, 0.1) is 0 Å². The van der Waals surface area contributed by atoms with Crippen molar-refractivity contribution in [1.29, 1.82) is 0 Å². The Bertz CT molecular complexity index is 959. The third kappa shape index (κ3) is 3.88. The molecule has 11 heteroatoms. The molecule has 1 saturated heterocycles. The molecule has 0 spiro atoms. The number of hydrogen-bond acceptors (Lipinski definition) is 9. The largest absolute Gasteiger partial charge is 0.488 e. The Hall–Kier alpha value is -3.21. The summed E-state index contributed by atoms with van der Waals surface area (Å²) in [4.78, 5) is 23.0. The Morgan fingerprint density at radius 1 is 1.07 bits per heavy atom. The van der Waals surface area contributed by atoms with E-state index in [9.17, 15) is 4.79 Å². The second kappa shape index (κ2) is 8.21. The Kier molecular flexibility index (Phi) is 5.33. The fourth-order valence-corrected chi connectivity index (χ4v) is 3.48. The number of amides is 1. The maximum atomic E-state index is 11.1. The Morgan fingerprint density at radius 2 is 1.86 bits per heavy atom. The fourth-order valence-electron chi connectivity index (χ4n) is 2.93. The van der Waals surface area contributed by atoms with Gasteiger partial charge in [-0.2, -0.15) is 8.75 Å². The number of carboxylic acid groups (broad SMARTS) is 1. The zero-order chi connectivity index (χ0) is 19.3. The highest BCUT2D eigenvalue weighted by molar-refractivity contribution is 7.00. The molecule has 3 heterocycles. The fraction of sp³-hybridized carbons (Fsp3) is 0.353. The van der Waals surface area contributed by atoms with Gasteiger partial charge in [-0.15, -0.1) is 0 Å². The topological polar surface area (TPSA) is 114 Å². The van der Waals surface area contributed by atoms with E-state index in [4.69, 9.17) is 14.6 Å². The standard InChI is InChI=1S/C17H18N6O4S/c24-17(25)23-8-6-22(7-9-23)15-16(19-5-4-18-15)27-11-10-26-13-3-1-2-12-14(13)21-28-20-12/h1-5H,6-11H2,(H,24,25). The van der Waals surface area contributed by atoms with Crippen molar-refractivity contribution in [2.24, 2.45) is 0 Å². The van der Waals surface area contributed by atoms with Crippen molar-refractivity contribution >= 4 is 34.7 Å². The van der Waals surface area contributed by atoms with Crippen molar-refractivity contribution in [1.82, 2.24) is 23.6 Å². The van der Waals surface area contributed by atoms with Gasteiger partial charge in [0.05, 0.1) is 11.7 Å². The number of piperazine rings is 1. The first-order valence-electron chi connectivity index (χ1n) is 8.73. The lowest BCUT2D eigenvalue weighted by molar-refractivity contribution is 0.142. The van der Waals surface area contributed by atoms with E-state index in [0.717, 1.165) is 22.8 Å². The number of anilines is 1. The number of aromatic nitrogens is 4. The first-order chi connectivity index (χ1) is 13.7. The SMILES string of the molecule is O=C(O)N1CCN(c2nccnc2OCCOc2cccc3nsnc23)CC1. The van der Waals surface area contributed by atoms with Crippen molar-refractivity contribution in [2.75, 3.05) is 44.3 Å². The van der Waals surface area contributed by atoms with E-state index in [1.54, 1.807) is 12.4 Å². The van der Waals surface area contributed by atoms with Gasteiger partial charge in [-0.1, -0.05) is 6.07 Å². The molecule has 1 aliphatic heterocycles. The molecule has 2 aromatic heterocycles. The predicted molar refractivity (Wildman–Crippen MR) is 102 cm³/mol. The summed E-state index contributed by atoms with van der Waals surface area (Å²) in [6, 6.07) is 5.61. The first-order valence-corrected chi connectivity index (χ1v) is 9.46. The molecule has 1 fully saturated rings.